The summed E-state index contributed by atoms with van der Waals surface area (Å²) in [5.41, 5.74) is -0.410. The molecule has 1 unspecified atom stereocenters. The lowest BCUT2D eigenvalue weighted by Gasteiger charge is -2.56. The number of amides is 4. The predicted octanol–water partition coefficient (Wildman–Crippen LogP) is 1.48. The molecule has 3 N–H and O–H groups in total. The van der Waals surface area contributed by atoms with Crippen molar-refractivity contribution >= 4 is 23.8 Å². The molecule has 4 bridgehead atoms. The van der Waals surface area contributed by atoms with Crippen LogP contribution in [0, 0.1) is 23.2 Å². The molecule has 6 rings (SSSR count). The van der Waals surface area contributed by atoms with Crippen molar-refractivity contribution in [2.24, 2.45) is 23.2 Å². The number of rotatable bonds is 5. The van der Waals surface area contributed by atoms with Gasteiger partial charge < -0.3 is 20.1 Å². The maximum Gasteiger partial charge on any atom is 0.329 e. The summed E-state index contributed by atoms with van der Waals surface area (Å²) in [5.74, 6) is 0.347. The zero-order chi connectivity index (χ0) is 23.2. The van der Waals surface area contributed by atoms with Crippen molar-refractivity contribution in [3.05, 3.63) is 0 Å². The lowest BCUT2D eigenvalue weighted by Crippen LogP contribution is -2.56. The van der Waals surface area contributed by atoms with Crippen molar-refractivity contribution in [1.82, 2.24) is 15.5 Å². The highest BCUT2D eigenvalue weighted by Gasteiger charge is 2.57. The number of urea groups is 1. The highest BCUT2D eigenvalue weighted by atomic mass is 16.5. The number of aliphatic hydroxyl groups excluding tert-OH is 1. The van der Waals surface area contributed by atoms with E-state index in [1.54, 1.807) is 0 Å². The maximum absolute atomic E-state index is 13.7. The fraction of sp³-hybridized carbons (Fsp3) is 0.833. The van der Waals surface area contributed by atoms with E-state index >= 15 is 0 Å². The Kier molecular flexibility index (Phi) is 6.09. The fourth-order valence-corrected chi connectivity index (χ4v) is 7.63. The molecule has 5 aliphatic carbocycles. The van der Waals surface area contributed by atoms with Gasteiger partial charge >= 0.3 is 12.0 Å². The van der Waals surface area contributed by atoms with E-state index in [1.165, 1.54) is 24.2 Å². The average Bonchev–Trinajstić information content (AvgIpc) is 3.39. The van der Waals surface area contributed by atoms with E-state index in [2.05, 4.69) is 10.6 Å². The highest BCUT2D eigenvalue weighted by molar-refractivity contribution is 5.96. The van der Waals surface area contributed by atoms with Gasteiger partial charge in [-0.1, -0.05) is 12.8 Å². The molecule has 6 aliphatic rings. The first-order valence-electron chi connectivity index (χ1n) is 12.6. The number of nitrogens with zero attached hydrogens (tertiary/aromatic N) is 1. The number of hydrogen-bond donors (Lipinski definition) is 3. The van der Waals surface area contributed by atoms with Crippen molar-refractivity contribution in [1.29, 1.82) is 0 Å². The summed E-state index contributed by atoms with van der Waals surface area (Å²) in [6.45, 7) is -0.473. The topological polar surface area (TPSA) is 125 Å². The number of hydrogen-bond acceptors (Lipinski definition) is 6. The molecule has 9 heteroatoms. The lowest BCUT2D eigenvalue weighted by atomic mass is 9.49. The van der Waals surface area contributed by atoms with E-state index in [-0.39, 0.29) is 24.9 Å². The second-order valence-electron chi connectivity index (χ2n) is 11.2. The molecule has 182 valence electrons. The molecule has 0 aromatic rings. The number of carbonyl (C=O) groups is 4. The highest BCUT2D eigenvalue weighted by Crippen LogP contribution is 2.60. The third kappa shape index (κ3) is 4.61. The van der Waals surface area contributed by atoms with Crippen LogP contribution in [0.4, 0.5) is 4.79 Å². The molecule has 1 aliphatic heterocycles. The lowest BCUT2D eigenvalue weighted by molar-refractivity contribution is -0.166. The molecular formula is C24H35N3O6. The molecule has 9 nitrogen and oxygen atoms in total. The molecule has 5 saturated carbocycles. The minimum atomic E-state index is -0.888. The summed E-state index contributed by atoms with van der Waals surface area (Å²) in [7, 11) is 0. The fourth-order valence-electron chi connectivity index (χ4n) is 7.63. The van der Waals surface area contributed by atoms with Gasteiger partial charge in [-0.3, -0.25) is 14.9 Å². The van der Waals surface area contributed by atoms with Crippen molar-refractivity contribution < 1.29 is 29.0 Å². The van der Waals surface area contributed by atoms with Crippen LogP contribution < -0.4 is 10.6 Å². The van der Waals surface area contributed by atoms with Crippen molar-refractivity contribution in [3.8, 4) is 0 Å². The molecule has 33 heavy (non-hydrogen) atoms. The quantitative estimate of drug-likeness (QED) is 0.533. The monoisotopic (exact) mass is 461 g/mol. The van der Waals surface area contributed by atoms with Gasteiger partial charge in [-0.2, -0.15) is 0 Å². The van der Waals surface area contributed by atoms with Gasteiger partial charge in [-0.25, -0.2) is 9.59 Å². The van der Waals surface area contributed by atoms with E-state index in [0.29, 0.717) is 17.8 Å². The van der Waals surface area contributed by atoms with Gasteiger partial charge in [0.1, 0.15) is 6.04 Å². The van der Waals surface area contributed by atoms with E-state index in [0.717, 1.165) is 44.9 Å². The van der Waals surface area contributed by atoms with Crippen LogP contribution in [0.15, 0.2) is 0 Å². The zero-order valence-electron chi connectivity index (χ0n) is 19.1. The first kappa shape index (κ1) is 22.6. The van der Waals surface area contributed by atoms with E-state index in [4.69, 9.17) is 4.74 Å². The van der Waals surface area contributed by atoms with E-state index in [9.17, 15) is 24.3 Å². The summed E-state index contributed by atoms with van der Waals surface area (Å²) < 4.78 is 5.17. The van der Waals surface area contributed by atoms with Crippen LogP contribution in [0.2, 0.25) is 0 Å². The van der Waals surface area contributed by atoms with Crippen molar-refractivity contribution in [3.63, 3.8) is 0 Å². The molecule has 1 heterocycles. The Balaban J connectivity index is 1.16. The number of esters is 1. The molecule has 6 fully saturated rings. The zero-order valence-corrected chi connectivity index (χ0v) is 19.1. The average molecular weight is 462 g/mol. The third-order valence-corrected chi connectivity index (χ3v) is 8.59. The van der Waals surface area contributed by atoms with Gasteiger partial charge in [0.05, 0.1) is 11.5 Å². The Morgan fingerprint density at radius 3 is 2.15 bits per heavy atom. The van der Waals surface area contributed by atoms with E-state index in [1.807, 2.05) is 0 Å². The molecule has 0 radical (unpaired) electrons. The van der Waals surface area contributed by atoms with Gasteiger partial charge in [-0.15, -0.1) is 0 Å². The Hall–Kier alpha value is -2.16. The number of ether oxygens (including phenoxy) is 1. The van der Waals surface area contributed by atoms with Crippen LogP contribution in [-0.4, -0.2) is 65.2 Å². The van der Waals surface area contributed by atoms with Gasteiger partial charge in [0, 0.05) is 19.0 Å². The molecule has 0 aromatic heterocycles. The second kappa shape index (κ2) is 8.89. The van der Waals surface area contributed by atoms with E-state index < -0.39 is 42.1 Å². The summed E-state index contributed by atoms with van der Waals surface area (Å²) in [4.78, 5) is 52.0. The first-order valence-corrected chi connectivity index (χ1v) is 12.6. The first-order chi connectivity index (χ1) is 15.8. The molecule has 0 spiro atoms. The van der Waals surface area contributed by atoms with Gasteiger partial charge in [0.2, 0.25) is 5.91 Å². The van der Waals surface area contributed by atoms with Gasteiger partial charge in [0.25, 0.3) is 5.91 Å². The Morgan fingerprint density at radius 2 is 1.55 bits per heavy atom. The SMILES string of the molecule is O=C(COC(=O)[C@@H]1CC(O)CN1C(=O)C12CC3CC(CC(C3)C1)C2)NC(=O)NC1CCCC1. The third-order valence-electron chi connectivity index (χ3n) is 8.59. The molecular weight excluding hydrogens is 426 g/mol. The summed E-state index contributed by atoms with van der Waals surface area (Å²) in [5, 5.41) is 15.2. The predicted molar refractivity (Wildman–Crippen MR) is 117 cm³/mol. The minimum absolute atomic E-state index is 0.0273. The summed E-state index contributed by atoms with van der Waals surface area (Å²) in [6, 6.07) is -1.40. The molecule has 1 saturated heterocycles. The normalized spacial score (nSPS) is 37.2. The van der Waals surface area contributed by atoms with Crippen molar-refractivity contribution in [2.75, 3.05) is 13.2 Å². The summed E-state index contributed by atoms with van der Waals surface area (Å²) >= 11 is 0. The number of carbonyl (C=O) groups excluding carboxylic acids is 4. The second-order valence-corrected chi connectivity index (χ2v) is 11.2. The minimum Gasteiger partial charge on any atom is -0.454 e. The number of aliphatic hydroxyl groups is 1. The van der Waals surface area contributed by atoms with Crippen LogP contribution in [0.25, 0.3) is 0 Å². The van der Waals surface area contributed by atoms with Crippen LogP contribution in [0.5, 0.6) is 0 Å². The Morgan fingerprint density at radius 1 is 0.939 bits per heavy atom. The van der Waals surface area contributed by atoms with Crippen LogP contribution in [0.3, 0.4) is 0 Å². The Bertz CT molecular complexity index is 788. The molecule has 2 atom stereocenters. The molecule has 4 amide bonds. The van der Waals surface area contributed by atoms with Gasteiger partial charge in [-0.05, 0) is 69.1 Å². The molecule has 0 aromatic carbocycles. The maximum atomic E-state index is 13.7. The summed E-state index contributed by atoms with van der Waals surface area (Å²) in [6.07, 6.45) is 9.51. The smallest absolute Gasteiger partial charge is 0.329 e. The van der Waals surface area contributed by atoms with Crippen LogP contribution in [0.1, 0.15) is 70.6 Å². The Labute approximate surface area is 194 Å². The van der Waals surface area contributed by atoms with Crippen molar-refractivity contribution in [2.45, 2.75) is 88.8 Å². The largest absolute Gasteiger partial charge is 0.454 e. The van der Waals surface area contributed by atoms with Crippen LogP contribution >= 0.6 is 0 Å². The standard InChI is InChI=1S/C24H35N3O6/c28-18-8-19(21(30)33-13-20(29)26-23(32)25-17-3-1-2-4-17)27(12-18)22(31)24-9-14-5-15(10-24)7-16(6-14)11-24/h14-19,28H,1-13H2,(H2,25,26,29,32)/t14?,15?,16?,18?,19-,24?/m0/s1. The number of nitrogens with one attached hydrogen (secondary N) is 2. The number of β-amino-alcohol motifs (C(OH)–C–C–N with tert-alkyl or cyclic N) is 1. The number of imide groups is 1. The van der Waals surface area contributed by atoms with Crippen LogP contribution in [-0.2, 0) is 19.1 Å². The number of likely N-dealkylation sites (tertiary alicyclic amines) is 1. The van der Waals surface area contributed by atoms with Gasteiger partial charge in [0.15, 0.2) is 6.61 Å².